The molecule has 0 fully saturated rings. The number of aromatic nitrogens is 3. The summed E-state index contributed by atoms with van der Waals surface area (Å²) in [5, 5.41) is 9.70. The van der Waals surface area contributed by atoms with Crippen LogP contribution in [0.4, 0.5) is 0 Å². The number of nitriles is 1. The number of hydrogen-bond donors (Lipinski definition) is 0. The fraction of sp³-hybridized carbons (Fsp3) is 0. The van der Waals surface area contributed by atoms with Crippen LogP contribution < -0.4 is 0 Å². The van der Waals surface area contributed by atoms with Crippen LogP contribution in [-0.2, 0) is 0 Å². The average Bonchev–Trinajstić information content (AvgIpc) is 2.18. The van der Waals surface area contributed by atoms with Crippen LogP contribution in [0.15, 0.2) is 18.6 Å². The zero-order valence-electron chi connectivity index (χ0n) is 6.40. The van der Waals surface area contributed by atoms with Gasteiger partial charge in [-0.05, 0) is 6.07 Å². The van der Waals surface area contributed by atoms with E-state index in [0.717, 1.165) is 0 Å². The van der Waals surface area contributed by atoms with E-state index < -0.39 is 0 Å². The Morgan fingerprint density at radius 1 is 1.31 bits per heavy atom. The topological polar surface area (TPSA) is 62.5 Å². The highest BCUT2D eigenvalue weighted by Crippen LogP contribution is 2.19. The summed E-state index contributed by atoms with van der Waals surface area (Å²) in [6, 6.07) is 3.62. The molecule has 2 rings (SSSR count). The molecule has 0 radical (unpaired) electrons. The fourth-order valence-electron chi connectivity index (χ4n) is 1.04. The Kier molecular flexibility index (Phi) is 1.80. The Balaban J connectivity index is 2.94. The van der Waals surface area contributed by atoms with Gasteiger partial charge in [-0.15, -0.1) is 0 Å². The van der Waals surface area contributed by atoms with Crippen LogP contribution in [0.2, 0.25) is 5.15 Å². The third-order valence-electron chi connectivity index (χ3n) is 1.61. The van der Waals surface area contributed by atoms with E-state index in [9.17, 15) is 0 Å². The molecule has 5 heteroatoms. The highest BCUT2D eigenvalue weighted by atomic mass is 35.5. The lowest BCUT2D eigenvalue weighted by atomic mass is 10.2. The predicted octanol–water partition coefficient (Wildman–Crippen LogP) is 1.55. The molecule has 0 aliphatic heterocycles. The molecule has 2 aromatic rings. The molecule has 62 valence electrons. The van der Waals surface area contributed by atoms with Gasteiger partial charge in [0.1, 0.15) is 23.1 Å². The Bertz CT molecular complexity index is 503. The molecule has 0 aliphatic carbocycles. The first-order valence-corrected chi connectivity index (χ1v) is 3.86. The Morgan fingerprint density at radius 3 is 2.92 bits per heavy atom. The summed E-state index contributed by atoms with van der Waals surface area (Å²) < 4.78 is 0. The lowest BCUT2D eigenvalue weighted by Crippen LogP contribution is -1.90. The van der Waals surface area contributed by atoms with Gasteiger partial charge in [0.15, 0.2) is 5.69 Å². The van der Waals surface area contributed by atoms with Crippen LogP contribution in [0.3, 0.4) is 0 Å². The monoisotopic (exact) mass is 190 g/mol. The lowest BCUT2D eigenvalue weighted by Gasteiger charge is -1.97. The standard InChI is InChI=1S/C8H3ClN4/c9-8-5-1-2-11-6(3-10)7(5)12-4-13-8/h1-2,4H. The van der Waals surface area contributed by atoms with Crippen LogP contribution in [-0.4, -0.2) is 15.0 Å². The van der Waals surface area contributed by atoms with Crippen LogP contribution in [0.25, 0.3) is 10.9 Å². The van der Waals surface area contributed by atoms with Crippen LogP contribution in [0, 0.1) is 11.3 Å². The van der Waals surface area contributed by atoms with E-state index in [1.54, 1.807) is 6.07 Å². The lowest BCUT2D eigenvalue weighted by molar-refractivity contribution is 1.19. The van der Waals surface area contributed by atoms with Crippen molar-refractivity contribution in [1.29, 1.82) is 5.26 Å². The maximum Gasteiger partial charge on any atom is 0.166 e. The van der Waals surface area contributed by atoms with Crippen molar-refractivity contribution in [3.05, 3.63) is 29.4 Å². The SMILES string of the molecule is N#Cc1nccc2c(Cl)ncnc12. The van der Waals surface area contributed by atoms with Gasteiger partial charge < -0.3 is 0 Å². The molecule has 2 heterocycles. The van der Waals surface area contributed by atoms with E-state index in [4.69, 9.17) is 16.9 Å². The molecule has 0 atom stereocenters. The van der Waals surface area contributed by atoms with Crippen molar-refractivity contribution in [3.63, 3.8) is 0 Å². The Morgan fingerprint density at radius 2 is 2.15 bits per heavy atom. The molecule has 0 amide bonds. The van der Waals surface area contributed by atoms with Gasteiger partial charge in [-0.25, -0.2) is 15.0 Å². The van der Waals surface area contributed by atoms with E-state index >= 15 is 0 Å². The summed E-state index contributed by atoms with van der Waals surface area (Å²) >= 11 is 5.80. The first kappa shape index (κ1) is 7.90. The molecule has 0 aromatic carbocycles. The maximum atomic E-state index is 8.71. The van der Waals surface area contributed by atoms with E-state index in [1.807, 2.05) is 6.07 Å². The molecular formula is C8H3ClN4. The third-order valence-corrected chi connectivity index (χ3v) is 1.91. The summed E-state index contributed by atoms with van der Waals surface area (Å²) in [6.45, 7) is 0. The molecule has 0 N–H and O–H groups in total. The molecule has 13 heavy (non-hydrogen) atoms. The zero-order valence-corrected chi connectivity index (χ0v) is 7.15. The van der Waals surface area contributed by atoms with Crippen molar-refractivity contribution in [2.24, 2.45) is 0 Å². The number of halogens is 1. The molecule has 0 spiro atoms. The molecule has 0 aliphatic rings. The average molecular weight is 191 g/mol. The molecule has 0 bridgehead atoms. The Hall–Kier alpha value is -1.73. The highest BCUT2D eigenvalue weighted by Gasteiger charge is 2.05. The number of fused-ring (bicyclic) bond motifs is 1. The van der Waals surface area contributed by atoms with Crippen molar-refractivity contribution in [2.75, 3.05) is 0 Å². The molecular weight excluding hydrogens is 188 g/mol. The second-order valence-electron chi connectivity index (χ2n) is 2.33. The van der Waals surface area contributed by atoms with Crippen molar-refractivity contribution in [3.8, 4) is 6.07 Å². The quantitative estimate of drug-likeness (QED) is 0.592. The Labute approximate surface area is 78.8 Å². The van der Waals surface area contributed by atoms with Crippen molar-refractivity contribution < 1.29 is 0 Å². The molecule has 0 unspecified atom stereocenters. The molecule has 4 nitrogen and oxygen atoms in total. The predicted molar refractivity (Wildman–Crippen MR) is 47.1 cm³/mol. The van der Waals surface area contributed by atoms with Gasteiger partial charge in [0, 0.05) is 11.6 Å². The maximum absolute atomic E-state index is 8.71. The van der Waals surface area contributed by atoms with Gasteiger partial charge in [0.2, 0.25) is 0 Å². The van der Waals surface area contributed by atoms with Crippen LogP contribution in [0.5, 0.6) is 0 Å². The summed E-state index contributed by atoms with van der Waals surface area (Å²) in [4.78, 5) is 11.6. The summed E-state index contributed by atoms with van der Waals surface area (Å²) in [6.07, 6.45) is 2.82. The van der Waals surface area contributed by atoms with E-state index in [1.165, 1.54) is 12.5 Å². The second-order valence-corrected chi connectivity index (χ2v) is 2.69. The normalized spacial score (nSPS) is 9.85. The summed E-state index contributed by atoms with van der Waals surface area (Å²) in [5.41, 5.74) is 0.756. The van der Waals surface area contributed by atoms with E-state index in [0.29, 0.717) is 16.1 Å². The first-order valence-electron chi connectivity index (χ1n) is 3.48. The fourth-order valence-corrected chi connectivity index (χ4v) is 1.24. The van der Waals surface area contributed by atoms with Gasteiger partial charge in [-0.1, -0.05) is 11.6 Å². The largest absolute Gasteiger partial charge is 0.243 e. The van der Waals surface area contributed by atoms with E-state index in [2.05, 4.69) is 15.0 Å². The highest BCUT2D eigenvalue weighted by molar-refractivity contribution is 6.34. The smallest absolute Gasteiger partial charge is 0.166 e. The minimum Gasteiger partial charge on any atom is -0.243 e. The van der Waals surface area contributed by atoms with Gasteiger partial charge in [0.25, 0.3) is 0 Å². The number of nitrogens with zero attached hydrogens (tertiary/aromatic N) is 4. The first-order chi connectivity index (χ1) is 6.33. The van der Waals surface area contributed by atoms with Gasteiger partial charge in [-0.3, -0.25) is 0 Å². The number of rotatable bonds is 0. The van der Waals surface area contributed by atoms with Gasteiger partial charge in [-0.2, -0.15) is 5.26 Å². The van der Waals surface area contributed by atoms with Crippen molar-refractivity contribution in [2.45, 2.75) is 0 Å². The minimum absolute atomic E-state index is 0.266. The zero-order chi connectivity index (χ0) is 9.26. The van der Waals surface area contributed by atoms with Crippen molar-refractivity contribution >= 4 is 22.5 Å². The third kappa shape index (κ3) is 1.19. The second kappa shape index (κ2) is 2.96. The summed E-state index contributed by atoms with van der Waals surface area (Å²) in [7, 11) is 0. The van der Waals surface area contributed by atoms with Crippen LogP contribution in [0.1, 0.15) is 5.69 Å². The number of hydrogen-bond acceptors (Lipinski definition) is 4. The van der Waals surface area contributed by atoms with Gasteiger partial charge >= 0.3 is 0 Å². The summed E-state index contributed by atoms with van der Waals surface area (Å²) in [5.74, 6) is 0. The van der Waals surface area contributed by atoms with Crippen molar-refractivity contribution in [1.82, 2.24) is 15.0 Å². The van der Waals surface area contributed by atoms with Crippen LogP contribution >= 0.6 is 11.6 Å². The molecule has 0 saturated carbocycles. The van der Waals surface area contributed by atoms with Gasteiger partial charge in [0.05, 0.1) is 0 Å². The number of pyridine rings is 1. The molecule has 0 saturated heterocycles. The molecule has 2 aromatic heterocycles. The van der Waals surface area contributed by atoms with E-state index in [-0.39, 0.29) is 5.69 Å². The minimum atomic E-state index is 0.266.